The Morgan fingerprint density at radius 3 is 2.32 bits per heavy atom. The predicted molar refractivity (Wildman–Crippen MR) is 128 cm³/mol. The lowest BCUT2D eigenvalue weighted by atomic mass is 9.91. The third kappa shape index (κ3) is 5.05. The van der Waals surface area contributed by atoms with Gasteiger partial charge >= 0.3 is 0 Å². The van der Waals surface area contributed by atoms with E-state index in [4.69, 9.17) is 46.4 Å². The third-order valence-electron chi connectivity index (χ3n) is 5.40. The molecule has 1 fully saturated rings. The van der Waals surface area contributed by atoms with Crippen molar-refractivity contribution in [3.8, 4) is 0 Å². The highest BCUT2D eigenvalue weighted by molar-refractivity contribution is 7.89. The Labute approximate surface area is 201 Å². The molecule has 1 saturated carbocycles. The van der Waals surface area contributed by atoms with Gasteiger partial charge in [-0.15, -0.1) is 0 Å². The van der Waals surface area contributed by atoms with E-state index in [0.717, 1.165) is 29.4 Å². The van der Waals surface area contributed by atoms with Crippen LogP contribution in [0.15, 0.2) is 47.5 Å². The predicted octanol–water partition coefficient (Wildman–Crippen LogP) is 6.55. The minimum absolute atomic E-state index is 0.0324. The molecule has 31 heavy (non-hydrogen) atoms. The van der Waals surface area contributed by atoms with Crippen molar-refractivity contribution in [2.24, 2.45) is 0 Å². The number of pyridine rings is 1. The van der Waals surface area contributed by atoms with E-state index in [1.165, 1.54) is 12.1 Å². The minimum atomic E-state index is -3.81. The normalized spacial score (nSPS) is 19.5. The van der Waals surface area contributed by atoms with Gasteiger partial charge in [0.05, 0.1) is 20.6 Å². The number of rotatable bonds is 5. The van der Waals surface area contributed by atoms with Crippen molar-refractivity contribution in [3.63, 3.8) is 0 Å². The highest BCUT2D eigenvalue weighted by atomic mass is 35.5. The standard InChI is InChI=1S/C21H19Cl4N3O2S/c22-12-1-6-15-17(9-10-26-18(15)11-12)27-13-2-4-14(5-3-13)28-31(29,30)19-8-7-16(23)20(24)21(19)25/h1,6-11,13-14,28H,2-5H2,(H,26,27). The van der Waals surface area contributed by atoms with Crippen molar-refractivity contribution in [1.82, 2.24) is 9.71 Å². The van der Waals surface area contributed by atoms with Crippen LogP contribution in [0.5, 0.6) is 0 Å². The molecule has 1 aromatic heterocycles. The van der Waals surface area contributed by atoms with Crippen molar-refractivity contribution in [3.05, 3.63) is 62.7 Å². The molecule has 0 amide bonds. The van der Waals surface area contributed by atoms with E-state index in [1.54, 1.807) is 6.20 Å². The molecule has 5 nitrogen and oxygen atoms in total. The zero-order valence-electron chi connectivity index (χ0n) is 16.2. The Kier molecular flexibility index (Phi) is 6.87. The van der Waals surface area contributed by atoms with Crippen LogP contribution in [0.25, 0.3) is 10.9 Å². The Morgan fingerprint density at radius 2 is 1.58 bits per heavy atom. The van der Waals surface area contributed by atoms with Crippen LogP contribution in [0.2, 0.25) is 20.1 Å². The molecular weight excluding hydrogens is 500 g/mol. The monoisotopic (exact) mass is 517 g/mol. The Bertz CT molecular complexity index is 1230. The molecule has 0 bridgehead atoms. The number of nitrogens with one attached hydrogen (secondary N) is 2. The number of anilines is 1. The topological polar surface area (TPSA) is 71.1 Å². The van der Waals surface area contributed by atoms with E-state index >= 15 is 0 Å². The number of hydrogen-bond donors (Lipinski definition) is 2. The molecule has 0 spiro atoms. The molecular formula is C21H19Cl4N3O2S. The van der Waals surface area contributed by atoms with E-state index in [0.29, 0.717) is 17.9 Å². The van der Waals surface area contributed by atoms with Gasteiger partial charge in [0.25, 0.3) is 0 Å². The molecule has 10 heteroatoms. The Hall–Kier alpha value is -1.28. The summed E-state index contributed by atoms with van der Waals surface area (Å²) >= 11 is 24.1. The second-order valence-corrected chi connectivity index (χ2v) is 10.8. The molecule has 2 N–H and O–H groups in total. The van der Waals surface area contributed by atoms with Gasteiger partial charge in [0.2, 0.25) is 10.0 Å². The molecule has 0 saturated heterocycles. The first-order valence-electron chi connectivity index (χ1n) is 9.71. The summed E-state index contributed by atoms with van der Waals surface area (Å²) in [4.78, 5) is 4.30. The van der Waals surface area contributed by atoms with Gasteiger partial charge in [-0.3, -0.25) is 4.98 Å². The molecule has 1 aliphatic carbocycles. The maximum absolute atomic E-state index is 12.8. The number of aromatic nitrogens is 1. The molecule has 164 valence electrons. The molecule has 1 aliphatic rings. The second kappa shape index (κ2) is 9.30. The van der Waals surface area contributed by atoms with E-state index < -0.39 is 10.0 Å². The number of hydrogen-bond acceptors (Lipinski definition) is 4. The van der Waals surface area contributed by atoms with Crippen LogP contribution >= 0.6 is 46.4 Å². The number of benzene rings is 2. The van der Waals surface area contributed by atoms with Crippen molar-refractivity contribution >= 4 is 73.0 Å². The van der Waals surface area contributed by atoms with Gasteiger partial charge in [-0.1, -0.05) is 46.4 Å². The van der Waals surface area contributed by atoms with Crippen LogP contribution in [-0.4, -0.2) is 25.5 Å². The van der Waals surface area contributed by atoms with Crippen LogP contribution in [0.3, 0.4) is 0 Å². The molecule has 0 radical (unpaired) electrons. The van der Waals surface area contributed by atoms with E-state index in [9.17, 15) is 8.42 Å². The fraction of sp³-hybridized carbons (Fsp3) is 0.286. The minimum Gasteiger partial charge on any atom is -0.382 e. The van der Waals surface area contributed by atoms with E-state index in [-0.39, 0.29) is 32.0 Å². The van der Waals surface area contributed by atoms with Crippen molar-refractivity contribution in [2.75, 3.05) is 5.32 Å². The highest BCUT2D eigenvalue weighted by Crippen LogP contribution is 2.35. The third-order valence-corrected chi connectivity index (χ3v) is 8.61. The Morgan fingerprint density at radius 1 is 0.871 bits per heavy atom. The van der Waals surface area contributed by atoms with Gasteiger partial charge in [0.15, 0.2) is 0 Å². The average Bonchev–Trinajstić information content (AvgIpc) is 2.73. The first kappa shape index (κ1) is 22.9. The quantitative estimate of drug-likeness (QED) is 0.375. The van der Waals surface area contributed by atoms with Crippen LogP contribution in [-0.2, 0) is 10.0 Å². The summed E-state index contributed by atoms with van der Waals surface area (Å²) in [5.74, 6) is 0. The van der Waals surface area contributed by atoms with Gasteiger partial charge in [-0.2, -0.15) is 0 Å². The lowest BCUT2D eigenvalue weighted by Gasteiger charge is -2.30. The highest BCUT2D eigenvalue weighted by Gasteiger charge is 2.28. The van der Waals surface area contributed by atoms with Gasteiger partial charge < -0.3 is 5.32 Å². The fourth-order valence-corrected chi connectivity index (χ4v) is 6.27. The number of fused-ring (bicyclic) bond motifs is 1. The van der Waals surface area contributed by atoms with E-state index in [1.807, 2.05) is 24.3 Å². The largest absolute Gasteiger partial charge is 0.382 e. The SMILES string of the molecule is O=S(=O)(NC1CCC(Nc2ccnc3cc(Cl)ccc23)CC1)c1ccc(Cl)c(Cl)c1Cl. The van der Waals surface area contributed by atoms with Gasteiger partial charge in [-0.25, -0.2) is 13.1 Å². The first-order chi connectivity index (χ1) is 14.7. The smallest absolute Gasteiger partial charge is 0.242 e. The fourth-order valence-electron chi connectivity index (χ4n) is 3.82. The zero-order valence-corrected chi connectivity index (χ0v) is 20.0. The molecule has 0 unspecified atom stereocenters. The summed E-state index contributed by atoms with van der Waals surface area (Å²) in [6.07, 6.45) is 4.79. The van der Waals surface area contributed by atoms with E-state index in [2.05, 4.69) is 15.0 Å². The Balaban J connectivity index is 1.41. The average molecular weight is 519 g/mol. The van der Waals surface area contributed by atoms with Crippen molar-refractivity contribution < 1.29 is 8.42 Å². The summed E-state index contributed by atoms with van der Waals surface area (Å²) in [5.41, 5.74) is 1.82. The maximum Gasteiger partial charge on any atom is 0.242 e. The summed E-state index contributed by atoms with van der Waals surface area (Å²) in [7, 11) is -3.81. The van der Waals surface area contributed by atoms with Crippen LogP contribution in [0.1, 0.15) is 25.7 Å². The van der Waals surface area contributed by atoms with Gasteiger partial charge in [0, 0.05) is 34.4 Å². The molecule has 1 heterocycles. The summed E-state index contributed by atoms with van der Waals surface area (Å²) in [6, 6.07) is 10.4. The van der Waals surface area contributed by atoms with Crippen molar-refractivity contribution in [2.45, 2.75) is 42.7 Å². The number of sulfonamides is 1. The van der Waals surface area contributed by atoms with Crippen LogP contribution in [0, 0.1) is 0 Å². The summed E-state index contributed by atoms with van der Waals surface area (Å²) in [6.45, 7) is 0. The maximum atomic E-state index is 12.8. The molecule has 3 aromatic rings. The number of halogens is 4. The zero-order chi connectivity index (χ0) is 22.2. The second-order valence-electron chi connectivity index (χ2n) is 7.51. The lowest BCUT2D eigenvalue weighted by Crippen LogP contribution is -2.40. The lowest BCUT2D eigenvalue weighted by molar-refractivity contribution is 0.387. The number of nitrogens with zero attached hydrogens (tertiary/aromatic N) is 1. The van der Waals surface area contributed by atoms with Gasteiger partial charge in [0.1, 0.15) is 4.90 Å². The molecule has 0 aliphatic heterocycles. The summed E-state index contributed by atoms with van der Waals surface area (Å²) < 4.78 is 28.4. The van der Waals surface area contributed by atoms with Gasteiger partial charge in [-0.05, 0) is 62.1 Å². The van der Waals surface area contributed by atoms with Crippen LogP contribution < -0.4 is 10.0 Å². The first-order valence-corrected chi connectivity index (χ1v) is 12.7. The molecule has 4 rings (SSSR count). The van der Waals surface area contributed by atoms with Crippen LogP contribution in [0.4, 0.5) is 5.69 Å². The summed E-state index contributed by atoms with van der Waals surface area (Å²) in [5, 5.41) is 5.39. The van der Waals surface area contributed by atoms with Crippen molar-refractivity contribution in [1.29, 1.82) is 0 Å². The molecule has 2 aromatic carbocycles. The molecule has 0 atom stereocenters.